The van der Waals surface area contributed by atoms with Crippen molar-refractivity contribution in [1.29, 1.82) is 0 Å². The molecule has 2 N–H and O–H groups in total. The van der Waals surface area contributed by atoms with Gasteiger partial charge in [-0.3, -0.25) is 4.79 Å². The molecule has 0 aliphatic heterocycles. The van der Waals surface area contributed by atoms with E-state index in [1.807, 2.05) is 11.5 Å². The molecular weight excluding hydrogens is 194 g/mol. The van der Waals surface area contributed by atoms with Gasteiger partial charge in [0.25, 0.3) is 0 Å². The number of carbonyl (C=O) groups excluding carboxylic acids is 1. The maximum Gasteiger partial charge on any atom is 0.307 e. The molecule has 15 heavy (non-hydrogen) atoms. The van der Waals surface area contributed by atoms with Crippen molar-refractivity contribution < 1.29 is 9.53 Å². The second kappa shape index (κ2) is 5.50. The number of aryl methyl sites for hydroxylation is 1. The Morgan fingerprint density at radius 3 is 3.00 bits per heavy atom. The Hall–Kier alpha value is -1.36. The first-order valence-corrected chi connectivity index (χ1v) is 5.10. The molecule has 1 aromatic heterocycles. The van der Waals surface area contributed by atoms with E-state index in [4.69, 9.17) is 10.5 Å². The summed E-state index contributed by atoms with van der Waals surface area (Å²) in [6.45, 7) is 4.96. The zero-order valence-corrected chi connectivity index (χ0v) is 9.14. The van der Waals surface area contributed by atoms with E-state index in [1.165, 1.54) is 0 Å². The standard InChI is InChI=1S/C10H17N3O2/c1-3-13-7-12-6-9(13)8(11)5-10(14)15-4-2/h6-8H,3-5,11H2,1-2H3. The van der Waals surface area contributed by atoms with Gasteiger partial charge < -0.3 is 15.0 Å². The summed E-state index contributed by atoms with van der Waals surface area (Å²) in [6, 6.07) is -0.341. The summed E-state index contributed by atoms with van der Waals surface area (Å²) in [7, 11) is 0. The van der Waals surface area contributed by atoms with Gasteiger partial charge in [-0.25, -0.2) is 4.98 Å². The van der Waals surface area contributed by atoms with Crippen LogP contribution < -0.4 is 5.73 Å². The lowest BCUT2D eigenvalue weighted by molar-refractivity contribution is -0.143. The molecule has 0 spiro atoms. The normalized spacial score (nSPS) is 12.5. The topological polar surface area (TPSA) is 70.1 Å². The number of imidazole rings is 1. The third-order valence-corrected chi connectivity index (χ3v) is 2.16. The second-order valence-corrected chi connectivity index (χ2v) is 3.22. The average Bonchev–Trinajstić information content (AvgIpc) is 2.65. The zero-order chi connectivity index (χ0) is 11.3. The predicted molar refractivity (Wildman–Crippen MR) is 56.1 cm³/mol. The van der Waals surface area contributed by atoms with Crippen molar-refractivity contribution in [2.45, 2.75) is 32.9 Å². The van der Waals surface area contributed by atoms with E-state index < -0.39 is 0 Å². The largest absolute Gasteiger partial charge is 0.466 e. The van der Waals surface area contributed by atoms with Crippen LogP contribution >= 0.6 is 0 Å². The first-order chi connectivity index (χ1) is 7.19. The molecule has 5 nitrogen and oxygen atoms in total. The fourth-order valence-corrected chi connectivity index (χ4v) is 1.41. The van der Waals surface area contributed by atoms with E-state index in [-0.39, 0.29) is 18.4 Å². The first kappa shape index (κ1) is 11.7. The monoisotopic (exact) mass is 211 g/mol. The third kappa shape index (κ3) is 3.06. The van der Waals surface area contributed by atoms with Crippen LogP contribution in [0, 0.1) is 0 Å². The Labute approximate surface area is 89.2 Å². The lowest BCUT2D eigenvalue weighted by atomic mass is 10.1. The van der Waals surface area contributed by atoms with Gasteiger partial charge in [-0.2, -0.15) is 0 Å². The number of hydrogen-bond donors (Lipinski definition) is 1. The van der Waals surface area contributed by atoms with Gasteiger partial charge in [0.1, 0.15) is 0 Å². The number of carbonyl (C=O) groups is 1. The van der Waals surface area contributed by atoms with Crippen molar-refractivity contribution in [3.8, 4) is 0 Å². The highest BCUT2D eigenvalue weighted by molar-refractivity contribution is 5.70. The molecule has 1 aromatic rings. The van der Waals surface area contributed by atoms with Crippen LogP contribution in [-0.4, -0.2) is 22.1 Å². The van der Waals surface area contributed by atoms with Crippen LogP contribution in [0.15, 0.2) is 12.5 Å². The van der Waals surface area contributed by atoms with Crippen molar-refractivity contribution in [2.24, 2.45) is 5.73 Å². The number of aromatic nitrogens is 2. The van der Waals surface area contributed by atoms with Crippen LogP contribution in [0.3, 0.4) is 0 Å². The molecule has 0 radical (unpaired) electrons. The molecule has 1 unspecified atom stereocenters. The fourth-order valence-electron chi connectivity index (χ4n) is 1.41. The molecule has 0 bridgehead atoms. The molecule has 0 saturated heterocycles. The summed E-state index contributed by atoms with van der Waals surface area (Å²) >= 11 is 0. The van der Waals surface area contributed by atoms with Crippen molar-refractivity contribution in [3.05, 3.63) is 18.2 Å². The zero-order valence-electron chi connectivity index (χ0n) is 9.14. The van der Waals surface area contributed by atoms with Crippen LogP contribution in [0.1, 0.15) is 32.0 Å². The van der Waals surface area contributed by atoms with E-state index in [2.05, 4.69) is 4.98 Å². The number of nitrogens with two attached hydrogens (primary N) is 1. The van der Waals surface area contributed by atoms with Crippen LogP contribution in [0.25, 0.3) is 0 Å². The van der Waals surface area contributed by atoms with Gasteiger partial charge in [-0.05, 0) is 13.8 Å². The summed E-state index contributed by atoms with van der Waals surface area (Å²) < 4.78 is 6.76. The Morgan fingerprint density at radius 1 is 1.67 bits per heavy atom. The molecule has 1 heterocycles. The van der Waals surface area contributed by atoms with E-state index in [0.29, 0.717) is 6.61 Å². The molecule has 0 aromatic carbocycles. The summed E-state index contributed by atoms with van der Waals surface area (Å²) in [5, 5.41) is 0. The number of nitrogens with zero attached hydrogens (tertiary/aromatic N) is 2. The summed E-state index contributed by atoms with van der Waals surface area (Å²) in [4.78, 5) is 15.2. The quantitative estimate of drug-likeness (QED) is 0.733. The SMILES string of the molecule is CCOC(=O)CC(N)c1cncn1CC. The summed E-state index contributed by atoms with van der Waals surface area (Å²) in [5.41, 5.74) is 6.75. The Bertz CT molecular complexity index is 322. The number of hydrogen-bond acceptors (Lipinski definition) is 4. The number of ether oxygens (including phenoxy) is 1. The van der Waals surface area contributed by atoms with E-state index >= 15 is 0 Å². The molecule has 0 amide bonds. The predicted octanol–water partition coefficient (Wildman–Crippen LogP) is 0.856. The maximum absolute atomic E-state index is 11.2. The molecule has 1 rings (SSSR count). The maximum atomic E-state index is 11.2. The minimum absolute atomic E-state index is 0.194. The molecule has 0 aliphatic carbocycles. The van der Waals surface area contributed by atoms with Gasteiger partial charge in [0.15, 0.2) is 0 Å². The van der Waals surface area contributed by atoms with Crippen molar-refractivity contribution >= 4 is 5.97 Å². The molecule has 1 atom stereocenters. The third-order valence-electron chi connectivity index (χ3n) is 2.16. The highest BCUT2D eigenvalue weighted by atomic mass is 16.5. The average molecular weight is 211 g/mol. The molecule has 84 valence electrons. The first-order valence-electron chi connectivity index (χ1n) is 5.10. The fraction of sp³-hybridized carbons (Fsp3) is 0.600. The number of rotatable bonds is 5. The molecule has 0 fully saturated rings. The summed E-state index contributed by atoms with van der Waals surface area (Å²) in [5.74, 6) is -0.270. The Morgan fingerprint density at radius 2 is 2.40 bits per heavy atom. The Balaban J connectivity index is 2.60. The van der Waals surface area contributed by atoms with Gasteiger partial charge in [0.2, 0.25) is 0 Å². The van der Waals surface area contributed by atoms with Gasteiger partial charge >= 0.3 is 5.97 Å². The van der Waals surface area contributed by atoms with E-state index in [0.717, 1.165) is 12.2 Å². The van der Waals surface area contributed by atoms with E-state index in [1.54, 1.807) is 19.4 Å². The molecular formula is C10H17N3O2. The van der Waals surface area contributed by atoms with Crippen LogP contribution in [-0.2, 0) is 16.1 Å². The highest BCUT2D eigenvalue weighted by Crippen LogP contribution is 2.13. The number of esters is 1. The van der Waals surface area contributed by atoms with Gasteiger partial charge in [-0.1, -0.05) is 0 Å². The van der Waals surface area contributed by atoms with Crippen molar-refractivity contribution in [1.82, 2.24) is 9.55 Å². The van der Waals surface area contributed by atoms with Crippen molar-refractivity contribution in [3.63, 3.8) is 0 Å². The lowest BCUT2D eigenvalue weighted by Gasteiger charge is -2.12. The molecule has 0 saturated carbocycles. The van der Waals surface area contributed by atoms with Gasteiger partial charge in [-0.15, -0.1) is 0 Å². The minimum atomic E-state index is -0.341. The van der Waals surface area contributed by atoms with Gasteiger partial charge in [0.05, 0.1) is 31.1 Å². The smallest absolute Gasteiger partial charge is 0.307 e. The molecule has 5 heteroatoms. The van der Waals surface area contributed by atoms with E-state index in [9.17, 15) is 4.79 Å². The van der Waals surface area contributed by atoms with Crippen molar-refractivity contribution in [2.75, 3.05) is 6.61 Å². The van der Waals surface area contributed by atoms with Gasteiger partial charge in [0, 0.05) is 12.7 Å². The molecule has 0 aliphatic rings. The van der Waals surface area contributed by atoms with Crippen LogP contribution in [0.2, 0.25) is 0 Å². The highest BCUT2D eigenvalue weighted by Gasteiger charge is 2.15. The van der Waals surface area contributed by atoms with Crippen LogP contribution in [0.4, 0.5) is 0 Å². The minimum Gasteiger partial charge on any atom is -0.466 e. The van der Waals surface area contributed by atoms with Crippen LogP contribution in [0.5, 0.6) is 0 Å². The second-order valence-electron chi connectivity index (χ2n) is 3.22. The Kier molecular flexibility index (Phi) is 4.30. The lowest BCUT2D eigenvalue weighted by Crippen LogP contribution is -2.20. The summed E-state index contributed by atoms with van der Waals surface area (Å²) in [6.07, 6.45) is 3.59.